The lowest BCUT2D eigenvalue weighted by Crippen LogP contribution is -2.37. The van der Waals surface area contributed by atoms with Gasteiger partial charge < -0.3 is 15.4 Å². The molecule has 172 valence electrons. The van der Waals surface area contributed by atoms with Gasteiger partial charge in [-0.25, -0.2) is 4.98 Å². The van der Waals surface area contributed by atoms with Crippen LogP contribution in [-0.4, -0.2) is 23.8 Å². The van der Waals surface area contributed by atoms with Crippen LogP contribution >= 0.6 is 11.3 Å². The number of nitrogens with one attached hydrogen (secondary N) is 2. The van der Waals surface area contributed by atoms with E-state index in [2.05, 4.69) is 21.7 Å². The van der Waals surface area contributed by atoms with Crippen LogP contribution in [0.1, 0.15) is 42.0 Å². The second-order valence-electron chi connectivity index (χ2n) is 8.47. The SMILES string of the molecule is COc1ccc([C@H]2C(C(=O)Nc3ccccn3)=C(C)NC3=C2C(=O)C[C@@H](c2cccs2)C3)cc1. The lowest BCUT2D eigenvalue weighted by molar-refractivity contribution is -0.116. The molecule has 1 aromatic carbocycles. The summed E-state index contributed by atoms with van der Waals surface area (Å²) in [6.45, 7) is 1.90. The van der Waals surface area contributed by atoms with Crippen molar-refractivity contribution in [2.45, 2.75) is 31.6 Å². The van der Waals surface area contributed by atoms with Crippen LogP contribution in [0.25, 0.3) is 0 Å². The van der Waals surface area contributed by atoms with E-state index in [4.69, 9.17) is 4.74 Å². The van der Waals surface area contributed by atoms with Crippen LogP contribution in [0.3, 0.4) is 0 Å². The molecule has 2 atom stereocenters. The van der Waals surface area contributed by atoms with Gasteiger partial charge in [-0.05, 0) is 54.6 Å². The van der Waals surface area contributed by atoms with E-state index in [-0.39, 0.29) is 17.6 Å². The summed E-state index contributed by atoms with van der Waals surface area (Å²) in [6.07, 6.45) is 2.80. The number of benzene rings is 1. The molecule has 0 saturated carbocycles. The summed E-state index contributed by atoms with van der Waals surface area (Å²) in [6, 6.07) is 17.1. The fourth-order valence-corrected chi connectivity index (χ4v) is 5.65. The minimum Gasteiger partial charge on any atom is -0.497 e. The third-order valence-electron chi connectivity index (χ3n) is 6.37. The van der Waals surface area contributed by atoms with Crippen molar-refractivity contribution < 1.29 is 14.3 Å². The van der Waals surface area contributed by atoms with E-state index < -0.39 is 5.92 Å². The third-order valence-corrected chi connectivity index (χ3v) is 7.41. The molecule has 3 aromatic rings. The number of pyridine rings is 1. The normalized spacial score (nSPS) is 20.0. The maximum absolute atomic E-state index is 13.6. The number of carbonyl (C=O) groups is 2. The summed E-state index contributed by atoms with van der Waals surface area (Å²) in [5, 5.41) is 8.36. The maximum Gasteiger partial charge on any atom is 0.255 e. The van der Waals surface area contributed by atoms with E-state index >= 15 is 0 Å². The Kier molecular flexibility index (Phi) is 6.02. The Morgan fingerprint density at radius 1 is 1.12 bits per heavy atom. The Morgan fingerprint density at radius 2 is 1.94 bits per heavy atom. The number of anilines is 1. The number of methoxy groups -OCH3 is 1. The number of nitrogens with zero attached hydrogens (tertiary/aromatic N) is 1. The molecule has 0 fully saturated rings. The molecule has 34 heavy (non-hydrogen) atoms. The zero-order valence-corrected chi connectivity index (χ0v) is 19.8. The standard InChI is InChI=1S/C27H25N3O3S/c1-16-24(27(32)30-23-7-3-4-12-28-23)25(17-8-10-19(33-2)11-9-17)26-20(29-16)14-18(15-21(26)31)22-6-5-13-34-22/h3-13,18,25,29H,14-15H2,1-2H3,(H,28,30,32)/t18-,25-/m0/s1. The smallest absolute Gasteiger partial charge is 0.255 e. The van der Waals surface area contributed by atoms with Gasteiger partial charge in [-0.1, -0.05) is 24.3 Å². The molecule has 1 aliphatic carbocycles. The molecule has 1 aliphatic heterocycles. The molecular weight excluding hydrogens is 446 g/mol. The highest BCUT2D eigenvalue weighted by Gasteiger charge is 2.41. The molecule has 2 N–H and O–H groups in total. The van der Waals surface area contributed by atoms with Crippen LogP contribution < -0.4 is 15.4 Å². The van der Waals surface area contributed by atoms with Crippen LogP contribution in [0.5, 0.6) is 5.75 Å². The zero-order chi connectivity index (χ0) is 23.7. The predicted molar refractivity (Wildman–Crippen MR) is 133 cm³/mol. The average molecular weight is 472 g/mol. The van der Waals surface area contributed by atoms with Crippen molar-refractivity contribution in [1.29, 1.82) is 0 Å². The highest BCUT2D eigenvalue weighted by atomic mass is 32.1. The van der Waals surface area contributed by atoms with E-state index in [1.165, 1.54) is 4.88 Å². The number of amides is 1. The number of thiophene rings is 1. The van der Waals surface area contributed by atoms with Crippen molar-refractivity contribution in [3.05, 3.63) is 99.2 Å². The number of allylic oxidation sites excluding steroid dienone is 3. The van der Waals surface area contributed by atoms with Crippen molar-refractivity contribution in [2.24, 2.45) is 0 Å². The summed E-state index contributed by atoms with van der Waals surface area (Å²) in [4.78, 5) is 32.5. The molecule has 0 spiro atoms. The first-order valence-electron chi connectivity index (χ1n) is 11.2. The molecule has 0 radical (unpaired) electrons. The number of hydrogen-bond acceptors (Lipinski definition) is 6. The molecule has 0 saturated heterocycles. The predicted octanol–water partition coefficient (Wildman–Crippen LogP) is 5.15. The van der Waals surface area contributed by atoms with Gasteiger partial charge in [0.1, 0.15) is 11.6 Å². The summed E-state index contributed by atoms with van der Waals surface area (Å²) in [5.41, 5.74) is 3.73. The summed E-state index contributed by atoms with van der Waals surface area (Å²) in [5.74, 6) is 0.663. The summed E-state index contributed by atoms with van der Waals surface area (Å²) < 4.78 is 5.32. The number of dihydropyridines is 1. The fraction of sp³-hybridized carbons (Fsp3) is 0.222. The monoisotopic (exact) mass is 471 g/mol. The van der Waals surface area contributed by atoms with Gasteiger partial charge in [-0.2, -0.15) is 0 Å². The largest absolute Gasteiger partial charge is 0.497 e. The van der Waals surface area contributed by atoms with Crippen LogP contribution in [0.4, 0.5) is 5.82 Å². The van der Waals surface area contributed by atoms with Gasteiger partial charge in [0, 0.05) is 51.9 Å². The number of carbonyl (C=O) groups excluding carboxylic acids is 2. The molecule has 0 bridgehead atoms. The van der Waals surface area contributed by atoms with Gasteiger partial charge in [0.2, 0.25) is 0 Å². The minimum absolute atomic E-state index is 0.0728. The number of ether oxygens (including phenoxy) is 1. The minimum atomic E-state index is -0.470. The Hall–Kier alpha value is -3.71. The fourth-order valence-electron chi connectivity index (χ4n) is 4.81. The van der Waals surface area contributed by atoms with E-state index in [1.54, 1.807) is 36.8 Å². The molecule has 7 heteroatoms. The topological polar surface area (TPSA) is 80.3 Å². The molecule has 0 unspecified atom stereocenters. The molecule has 2 aromatic heterocycles. The molecule has 6 nitrogen and oxygen atoms in total. The first-order valence-corrected chi connectivity index (χ1v) is 12.1. The van der Waals surface area contributed by atoms with Crippen molar-refractivity contribution in [2.75, 3.05) is 12.4 Å². The second kappa shape index (κ2) is 9.27. The molecule has 2 aliphatic rings. The van der Waals surface area contributed by atoms with Crippen molar-refractivity contribution in [3.8, 4) is 5.75 Å². The van der Waals surface area contributed by atoms with E-state index in [0.717, 1.165) is 29.1 Å². The highest BCUT2D eigenvalue weighted by Crippen LogP contribution is 2.46. The first kappa shape index (κ1) is 22.1. The van der Waals surface area contributed by atoms with Crippen molar-refractivity contribution in [3.63, 3.8) is 0 Å². The van der Waals surface area contributed by atoms with Crippen LogP contribution in [0, 0.1) is 0 Å². The van der Waals surface area contributed by atoms with Gasteiger partial charge >= 0.3 is 0 Å². The van der Waals surface area contributed by atoms with E-state index in [1.807, 2.05) is 48.7 Å². The average Bonchev–Trinajstić information content (AvgIpc) is 3.39. The highest BCUT2D eigenvalue weighted by molar-refractivity contribution is 7.10. The zero-order valence-electron chi connectivity index (χ0n) is 19.0. The van der Waals surface area contributed by atoms with E-state index in [0.29, 0.717) is 23.4 Å². The summed E-state index contributed by atoms with van der Waals surface area (Å²) >= 11 is 1.68. The molecule has 5 rings (SSSR count). The molecule has 1 amide bonds. The number of rotatable bonds is 5. The Labute approximate surface area is 202 Å². The quantitative estimate of drug-likeness (QED) is 0.538. The number of ketones is 1. The number of aromatic nitrogens is 1. The first-order chi connectivity index (χ1) is 16.5. The van der Waals surface area contributed by atoms with Crippen molar-refractivity contribution >= 4 is 28.8 Å². The number of Topliss-reactive ketones (excluding diaryl/α,β-unsaturated/α-hetero) is 1. The Morgan fingerprint density at radius 3 is 2.62 bits per heavy atom. The lowest BCUT2D eigenvalue weighted by Gasteiger charge is -2.36. The van der Waals surface area contributed by atoms with Crippen LogP contribution in [0.15, 0.2) is 88.7 Å². The maximum atomic E-state index is 13.6. The second-order valence-corrected chi connectivity index (χ2v) is 9.45. The Bertz CT molecular complexity index is 1280. The van der Waals surface area contributed by atoms with Crippen LogP contribution in [0.2, 0.25) is 0 Å². The van der Waals surface area contributed by atoms with Gasteiger partial charge in [-0.3, -0.25) is 9.59 Å². The van der Waals surface area contributed by atoms with Gasteiger partial charge in [0.15, 0.2) is 5.78 Å². The Balaban J connectivity index is 1.57. The summed E-state index contributed by atoms with van der Waals surface area (Å²) in [7, 11) is 1.62. The number of hydrogen-bond donors (Lipinski definition) is 2. The van der Waals surface area contributed by atoms with Gasteiger partial charge in [0.25, 0.3) is 5.91 Å². The third kappa shape index (κ3) is 4.15. The van der Waals surface area contributed by atoms with Gasteiger partial charge in [0.05, 0.1) is 7.11 Å². The van der Waals surface area contributed by atoms with Crippen LogP contribution in [-0.2, 0) is 9.59 Å². The van der Waals surface area contributed by atoms with Gasteiger partial charge in [-0.15, -0.1) is 11.3 Å². The van der Waals surface area contributed by atoms with E-state index in [9.17, 15) is 9.59 Å². The van der Waals surface area contributed by atoms with Crippen molar-refractivity contribution in [1.82, 2.24) is 10.3 Å². The molecule has 3 heterocycles. The molecular formula is C27H25N3O3S. The lowest BCUT2D eigenvalue weighted by atomic mass is 9.72.